The Morgan fingerprint density at radius 2 is 2.09 bits per heavy atom. The molecule has 2 aromatic heterocycles. The van der Waals surface area contributed by atoms with Crippen molar-refractivity contribution < 1.29 is 5.11 Å². The molecule has 0 aliphatic carbocycles. The van der Waals surface area contributed by atoms with Crippen LogP contribution in [0.4, 0.5) is 5.69 Å². The molecule has 1 atom stereocenters. The Morgan fingerprint density at radius 1 is 1.27 bits per heavy atom. The van der Waals surface area contributed by atoms with Gasteiger partial charge in [-0.3, -0.25) is 4.98 Å². The predicted molar refractivity (Wildman–Crippen MR) is 93.5 cm³/mol. The van der Waals surface area contributed by atoms with Gasteiger partial charge < -0.3 is 10.4 Å². The molecule has 0 aliphatic rings. The van der Waals surface area contributed by atoms with Crippen molar-refractivity contribution in [1.82, 2.24) is 4.98 Å². The fourth-order valence-electron chi connectivity index (χ4n) is 2.50. The summed E-state index contributed by atoms with van der Waals surface area (Å²) >= 11 is 1.60. The molecule has 0 saturated heterocycles. The first-order valence-electron chi connectivity index (χ1n) is 7.48. The number of nitrogens with one attached hydrogen (secondary N) is 1. The minimum absolute atomic E-state index is 0.459. The van der Waals surface area contributed by atoms with E-state index < -0.39 is 5.60 Å². The van der Waals surface area contributed by atoms with E-state index in [1.54, 1.807) is 11.3 Å². The SMILES string of the molecule is CCc1cc(NCC(C)(O)c2ccsc2)c2ccccc2n1. The summed E-state index contributed by atoms with van der Waals surface area (Å²) in [4.78, 5) is 4.65. The summed E-state index contributed by atoms with van der Waals surface area (Å²) in [5, 5.41) is 19.1. The van der Waals surface area contributed by atoms with Crippen LogP contribution in [-0.4, -0.2) is 16.6 Å². The molecule has 0 amide bonds. The Balaban J connectivity index is 1.90. The molecule has 22 heavy (non-hydrogen) atoms. The van der Waals surface area contributed by atoms with Crippen molar-refractivity contribution in [3.8, 4) is 0 Å². The number of hydrogen-bond donors (Lipinski definition) is 2. The van der Waals surface area contributed by atoms with E-state index in [-0.39, 0.29) is 0 Å². The number of nitrogens with zero attached hydrogens (tertiary/aromatic N) is 1. The van der Waals surface area contributed by atoms with Crippen LogP contribution < -0.4 is 5.32 Å². The molecule has 4 heteroatoms. The average molecular weight is 312 g/mol. The lowest BCUT2D eigenvalue weighted by Gasteiger charge is -2.24. The second-order valence-electron chi connectivity index (χ2n) is 5.67. The van der Waals surface area contributed by atoms with E-state index in [9.17, 15) is 5.11 Å². The number of pyridine rings is 1. The number of aromatic nitrogens is 1. The molecule has 0 spiro atoms. The Morgan fingerprint density at radius 3 is 2.82 bits per heavy atom. The number of benzene rings is 1. The summed E-state index contributed by atoms with van der Waals surface area (Å²) in [6.07, 6.45) is 0.889. The van der Waals surface area contributed by atoms with E-state index in [0.717, 1.165) is 34.3 Å². The molecule has 114 valence electrons. The summed E-state index contributed by atoms with van der Waals surface area (Å²) in [6.45, 7) is 4.40. The third-order valence-electron chi connectivity index (χ3n) is 3.90. The van der Waals surface area contributed by atoms with Crippen LogP contribution in [-0.2, 0) is 12.0 Å². The van der Waals surface area contributed by atoms with Gasteiger partial charge in [0.25, 0.3) is 0 Å². The fourth-order valence-corrected chi connectivity index (χ4v) is 3.28. The van der Waals surface area contributed by atoms with Crippen LogP contribution in [0.15, 0.2) is 47.2 Å². The number of anilines is 1. The lowest BCUT2D eigenvalue weighted by atomic mass is 9.99. The van der Waals surface area contributed by atoms with Gasteiger partial charge in [-0.2, -0.15) is 11.3 Å². The maximum atomic E-state index is 10.7. The van der Waals surface area contributed by atoms with Gasteiger partial charge in [0.05, 0.1) is 5.52 Å². The lowest BCUT2D eigenvalue weighted by Crippen LogP contribution is -2.30. The minimum atomic E-state index is -0.892. The molecule has 3 aromatic rings. The Hall–Kier alpha value is -1.91. The molecular formula is C18H20N2OS. The maximum absolute atomic E-state index is 10.7. The van der Waals surface area contributed by atoms with Gasteiger partial charge in [-0.15, -0.1) is 0 Å². The molecule has 3 rings (SSSR count). The van der Waals surface area contributed by atoms with Gasteiger partial charge in [0.15, 0.2) is 0 Å². The van der Waals surface area contributed by atoms with Gasteiger partial charge in [0.1, 0.15) is 5.60 Å². The number of fused-ring (bicyclic) bond motifs is 1. The molecule has 0 bridgehead atoms. The molecule has 3 nitrogen and oxygen atoms in total. The molecule has 0 saturated carbocycles. The summed E-state index contributed by atoms with van der Waals surface area (Å²) in [7, 11) is 0. The van der Waals surface area contributed by atoms with Crippen LogP contribution in [0.5, 0.6) is 0 Å². The quantitative estimate of drug-likeness (QED) is 0.743. The van der Waals surface area contributed by atoms with Crippen LogP contribution >= 0.6 is 11.3 Å². The minimum Gasteiger partial charge on any atom is -0.384 e. The van der Waals surface area contributed by atoms with E-state index in [2.05, 4.69) is 29.4 Å². The lowest BCUT2D eigenvalue weighted by molar-refractivity contribution is 0.0720. The van der Waals surface area contributed by atoms with Gasteiger partial charge in [0.2, 0.25) is 0 Å². The number of rotatable bonds is 5. The van der Waals surface area contributed by atoms with E-state index >= 15 is 0 Å². The van der Waals surface area contributed by atoms with Gasteiger partial charge in [0, 0.05) is 23.3 Å². The monoisotopic (exact) mass is 312 g/mol. The van der Waals surface area contributed by atoms with Crippen molar-refractivity contribution in [2.45, 2.75) is 25.9 Å². The van der Waals surface area contributed by atoms with Crippen molar-refractivity contribution in [3.05, 3.63) is 58.4 Å². The smallest absolute Gasteiger partial charge is 0.105 e. The predicted octanol–water partition coefficient (Wildman–Crippen LogP) is 4.18. The zero-order valence-corrected chi connectivity index (χ0v) is 13.7. The highest BCUT2D eigenvalue weighted by Crippen LogP contribution is 2.27. The fraction of sp³-hybridized carbons (Fsp3) is 0.278. The zero-order chi connectivity index (χ0) is 15.6. The second-order valence-corrected chi connectivity index (χ2v) is 6.45. The van der Waals surface area contributed by atoms with Crippen LogP contribution in [0.3, 0.4) is 0 Å². The number of hydrogen-bond acceptors (Lipinski definition) is 4. The van der Waals surface area contributed by atoms with Crippen LogP contribution in [0.2, 0.25) is 0 Å². The number of aryl methyl sites for hydroxylation is 1. The highest BCUT2D eigenvalue weighted by molar-refractivity contribution is 7.08. The van der Waals surface area contributed by atoms with E-state index in [4.69, 9.17) is 0 Å². The van der Waals surface area contributed by atoms with Crippen LogP contribution in [0, 0.1) is 0 Å². The molecule has 0 fully saturated rings. The van der Waals surface area contributed by atoms with Crippen LogP contribution in [0.1, 0.15) is 25.1 Å². The largest absolute Gasteiger partial charge is 0.384 e. The van der Waals surface area contributed by atoms with Gasteiger partial charge in [-0.25, -0.2) is 0 Å². The second kappa shape index (κ2) is 6.07. The molecule has 2 heterocycles. The highest BCUT2D eigenvalue weighted by Gasteiger charge is 2.23. The molecular weight excluding hydrogens is 292 g/mol. The maximum Gasteiger partial charge on any atom is 0.105 e. The van der Waals surface area contributed by atoms with E-state index in [1.807, 2.05) is 41.9 Å². The van der Waals surface area contributed by atoms with Crippen molar-refractivity contribution in [2.24, 2.45) is 0 Å². The van der Waals surface area contributed by atoms with Crippen LogP contribution in [0.25, 0.3) is 10.9 Å². The average Bonchev–Trinajstić information content (AvgIpc) is 3.07. The Kier molecular flexibility index (Phi) is 4.14. The van der Waals surface area contributed by atoms with E-state index in [1.165, 1.54) is 0 Å². The summed E-state index contributed by atoms with van der Waals surface area (Å²) in [5.74, 6) is 0. The normalized spacial score (nSPS) is 14.0. The van der Waals surface area contributed by atoms with Crippen molar-refractivity contribution in [2.75, 3.05) is 11.9 Å². The third kappa shape index (κ3) is 2.98. The Bertz CT molecular complexity index is 766. The van der Waals surface area contributed by atoms with Gasteiger partial charge in [-0.1, -0.05) is 25.1 Å². The summed E-state index contributed by atoms with van der Waals surface area (Å²) in [5.41, 5.74) is 3.12. The first-order valence-corrected chi connectivity index (χ1v) is 8.42. The Labute approximate surface area is 134 Å². The first kappa shape index (κ1) is 15.0. The third-order valence-corrected chi connectivity index (χ3v) is 4.58. The summed E-state index contributed by atoms with van der Waals surface area (Å²) < 4.78 is 0. The van der Waals surface area contributed by atoms with Gasteiger partial charge in [-0.05, 0) is 47.9 Å². The standard InChI is InChI=1S/C18H20N2OS/c1-3-14-10-17(15-6-4-5-7-16(15)20-14)19-12-18(2,21)13-8-9-22-11-13/h4-11,21H,3,12H2,1-2H3,(H,19,20). The number of thiophene rings is 1. The van der Waals surface area contributed by atoms with E-state index in [0.29, 0.717) is 6.54 Å². The molecule has 0 aliphatic heterocycles. The number of aliphatic hydroxyl groups is 1. The summed E-state index contributed by atoms with van der Waals surface area (Å²) in [6, 6.07) is 12.1. The topological polar surface area (TPSA) is 45.1 Å². The molecule has 0 radical (unpaired) electrons. The molecule has 1 unspecified atom stereocenters. The first-order chi connectivity index (χ1) is 10.6. The zero-order valence-electron chi connectivity index (χ0n) is 12.8. The van der Waals surface area contributed by atoms with Crippen molar-refractivity contribution in [3.63, 3.8) is 0 Å². The van der Waals surface area contributed by atoms with Crippen molar-refractivity contribution >= 4 is 27.9 Å². The molecule has 1 aromatic carbocycles. The van der Waals surface area contributed by atoms with Gasteiger partial charge >= 0.3 is 0 Å². The number of para-hydroxylation sites is 1. The van der Waals surface area contributed by atoms with Crippen molar-refractivity contribution in [1.29, 1.82) is 0 Å². The highest BCUT2D eigenvalue weighted by atomic mass is 32.1. The molecule has 2 N–H and O–H groups in total.